The SMILES string of the molecule is CN1CCCC(CNC(=O)c2ccc(Oc3ccccc3)o2)C1. The third-order valence-corrected chi connectivity index (χ3v) is 4.04. The smallest absolute Gasteiger partial charge is 0.290 e. The van der Waals surface area contributed by atoms with Crippen molar-refractivity contribution in [3.8, 4) is 11.7 Å². The number of carbonyl (C=O) groups excluding carboxylic acids is 1. The van der Waals surface area contributed by atoms with Gasteiger partial charge in [-0.3, -0.25) is 4.79 Å². The van der Waals surface area contributed by atoms with Crippen LogP contribution in [0.4, 0.5) is 0 Å². The maximum atomic E-state index is 12.2. The zero-order chi connectivity index (χ0) is 16.1. The Morgan fingerprint density at radius 1 is 1.30 bits per heavy atom. The Morgan fingerprint density at radius 3 is 2.91 bits per heavy atom. The van der Waals surface area contributed by atoms with E-state index in [1.54, 1.807) is 12.1 Å². The second kappa shape index (κ2) is 7.33. The van der Waals surface area contributed by atoms with Crippen molar-refractivity contribution in [1.82, 2.24) is 10.2 Å². The van der Waals surface area contributed by atoms with Crippen LogP contribution in [0.5, 0.6) is 11.7 Å². The molecule has 1 aromatic carbocycles. The molecule has 0 bridgehead atoms. The summed E-state index contributed by atoms with van der Waals surface area (Å²) in [6.45, 7) is 2.85. The first-order valence-corrected chi connectivity index (χ1v) is 8.00. The molecule has 1 aliphatic rings. The highest BCUT2D eigenvalue weighted by Crippen LogP contribution is 2.23. The molecule has 5 nitrogen and oxygen atoms in total. The van der Waals surface area contributed by atoms with Gasteiger partial charge in [-0.25, -0.2) is 0 Å². The van der Waals surface area contributed by atoms with Gasteiger partial charge in [-0.15, -0.1) is 0 Å². The number of amides is 1. The minimum Gasteiger partial charge on any atom is -0.426 e. The summed E-state index contributed by atoms with van der Waals surface area (Å²) in [5, 5.41) is 2.95. The average molecular weight is 314 g/mol. The van der Waals surface area contributed by atoms with Crippen LogP contribution in [-0.4, -0.2) is 37.5 Å². The Kier molecular flexibility index (Phi) is 4.98. The molecule has 1 fully saturated rings. The van der Waals surface area contributed by atoms with Gasteiger partial charge in [0.2, 0.25) is 0 Å². The Hall–Kier alpha value is -2.27. The molecule has 23 heavy (non-hydrogen) atoms. The molecule has 0 spiro atoms. The minimum absolute atomic E-state index is 0.193. The number of rotatable bonds is 5. The van der Waals surface area contributed by atoms with Crippen molar-refractivity contribution >= 4 is 5.91 Å². The van der Waals surface area contributed by atoms with Crippen molar-refractivity contribution < 1.29 is 13.9 Å². The Balaban J connectivity index is 1.52. The van der Waals surface area contributed by atoms with E-state index >= 15 is 0 Å². The molecule has 1 amide bonds. The standard InChI is InChI=1S/C18H22N2O3/c1-20-11-5-6-14(13-20)12-19-18(21)16-9-10-17(23-16)22-15-7-3-2-4-8-15/h2-4,7-10,14H,5-6,11-13H2,1H3,(H,19,21). The molecule has 5 heteroatoms. The number of para-hydroxylation sites is 1. The van der Waals surface area contributed by atoms with Crippen LogP contribution in [-0.2, 0) is 0 Å². The van der Waals surface area contributed by atoms with Crippen molar-refractivity contribution in [2.45, 2.75) is 12.8 Å². The summed E-state index contributed by atoms with van der Waals surface area (Å²) in [6.07, 6.45) is 2.35. The van der Waals surface area contributed by atoms with Crippen molar-refractivity contribution in [2.24, 2.45) is 5.92 Å². The Morgan fingerprint density at radius 2 is 2.13 bits per heavy atom. The van der Waals surface area contributed by atoms with Crippen LogP contribution in [0.1, 0.15) is 23.4 Å². The fraction of sp³-hybridized carbons (Fsp3) is 0.389. The lowest BCUT2D eigenvalue weighted by Crippen LogP contribution is -2.39. The van der Waals surface area contributed by atoms with Crippen molar-refractivity contribution in [2.75, 3.05) is 26.7 Å². The third kappa shape index (κ3) is 4.36. The molecule has 0 radical (unpaired) electrons. The molecule has 1 aromatic heterocycles. The third-order valence-electron chi connectivity index (χ3n) is 4.04. The van der Waals surface area contributed by atoms with Crippen molar-refractivity contribution in [3.05, 3.63) is 48.2 Å². The van der Waals surface area contributed by atoms with Gasteiger partial charge in [0.1, 0.15) is 5.75 Å². The van der Waals surface area contributed by atoms with Crippen LogP contribution in [0.2, 0.25) is 0 Å². The Labute approximate surface area is 136 Å². The van der Waals surface area contributed by atoms with E-state index in [2.05, 4.69) is 17.3 Å². The van der Waals surface area contributed by atoms with E-state index in [-0.39, 0.29) is 11.7 Å². The largest absolute Gasteiger partial charge is 0.426 e. The van der Waals surface area contributed by atoms with Crippen LogP contribution in [0.25, 0.3) is 0 Å². The number of benzene rings is 1. The number of hydrogen-bond acceptors (Lipinski definition) is 4. The van der Waals surface area contributed by atoms with E-state index in [1.165, 1.54) is 6.42 Å². The van der Waals surface area contributed by atoms with Crippen LogP contribution >= 0.6 is 0 Å². The summed E-state index contributed by atoms with van der Waals surface area (Å²) in [7, 11) is 2.12. The highest BCUT2D eigenvalue weighted by Gasteiger charge is 2.19. The van der Waals surface area contributed by atoms with Gasteiger partial charge in [-0.2, -0.15) is 0 Å². The Bertz CT molecular complexity index is 639. The first-order valence-electron chi connectivity index (χ1n) is 8.00. The van der Waals surface area contributed by atoms with Gasteiger partial charge in [0, 0.05) is 19.2 Å². The molecular formula is C18H22N2O3. The van der Waals surface area contributed by atoms with E-state index in [4.69, 9.17) is 9.15 Å². The molecule has 1 saturated heterocycles. The fourth-order valence-corrected chi connectivity index (χ4v) is 2.87. The average Bonchev–Trinajstić information content (AvgIpc) is 3.02. The lowest BCUT2D eigenvalue weighted by Gasteiger charge is -2.29. The van der Waals surface area contributed by atoms with Gasteiger partial charge in [-0.05, 0) is 50.6 Å². The second-order valence-corrected chi connectivity index (χ2v) is 6.01. The number of ether oxygens (including phenoxy) is 1. The van der Waals surface area contributed by atoms with Gasteiger partial charge in [0.15, 0.2) is 5.76 Å². The number of carbonyl (C=O) groups is 1. The number of nitrogens with zero attached hydrogens (tertiary/aromatic N) is 1. The number of furan rings is 1. The number of nitrogens with one attached hydrogen (secondary N) is 1. The zero-order valence-corrected chi connectivity index (χ0v) is 13.3. The molecule has 1 atom stereocenters. The summed E-state index contributed by atoms with van der Waals surface area (Å²) < 4.78 is 11.0. The number of hydrogen-bond donors (Lipinski definition) is 1. The highest BCUT2D eigenvalue weighted by molar-refractivity contribution is 5.91. The van der Waals surface area contributed by atoms with Crippen LogP contribution in [0, 0.1) is 5.92 Å². The van der Waals surface area contributed by atoms with Crippen LogP contribution in [0.3, 0.4) is 0 Å². The second-order valence-electron chi connectivity index (χ2n) is 6.01. The number of piperidine rings is 1. The molecule has 3 rings (SSSR count). The van der Waals surface area contributed by atoms with Gasteiger partial charge in [0.05, 0.1) is 0 Å². The summed E-state index contributed by atoms with van der Waals surface area (Å²) in [5.74, 6) is 1.59. The summed E-state index contributed by atoms with van der Waals surface area (Å²) in [4.78, 5) is 14.5. The van der Waals surface area contributed by atoms with E-state index in [1.807, 2.05) is 30.3 Å². The predicted octanol–water partition coefficient (Wildman–Crippen LogP) is 3.14. The van der Waals surface area contributed by atoms with Crippen LogP contribution in [0.15, 0.2) is 46.9 Å². The first-order chi connectivity index (χ1) is 11.2. The van der Waals surface area contributed by atoms with Gasteiger partial charge in [-0.1, -0.05) is 18.2 Å². The lowest BCUT2D eigenvalue weighted by molar-refractivity contribution is 0.0904. The minimum atomic E-state index is -0.193. The van der Waals surface area contributed by atoms with Crippen LogP contribution < -0.4 is 10.1 Å². The molecule has 2 heterocycles. The first kappa shape index (κ1) is 15.6. The normalized spacial score (nSPS) is 18.6. The van der Waals surface area contributed by atoms with Gasteiger partial charge in [0.25, 0.3) is 11.9 Å². The van der Waals surface area contributed by atoms with E-state index < -0.39 is 0 Å². The molecule has 0 aliphatic carbocycles. The van der Waals surface area contributed by atoms with Crippen molar-refractivity contribution in [1.29, 1.82) is 0 Å². The summed E-state index contributed by atoms with van der Waals surface area (Å²) in [5.41, 5.74) is 0. The van der Waals surface area contributed by atoms with E-state index in [0.29, 0.717) is 24.2 Å². The highest BCUT2D eigenvalue weighted by atomic mass is 16.6. The fourth-order valence-electron chi connectivity index (χ4n) is 2.87. The zero-order valence-electron chi connectivity index (χ0n) is 13.3. The summed E-state index contributed by atoms with van der Waals surface area (Å²) in [6, 6.07) is 12.7. The number of likely N-dealkylation sites (tertiary alicyclic amines) is 1. The molecule has 1 N–H and O–H groups in total. The molecule has 0 saturated carbocycles. The monoisotopic (exact) mass is 314 g/mol. The van der Waals surface area contributed by atoms with Crippen molar-refractivity contribution in [3.63, 3.8) is 0 Å². The van der Waals surface area contributed by atoms with E-state index in [0.717, 1.165) is 19.5 Å². The molecule has 1 unspecified atom stereocenters. The predicted molar refractivity (Wildman–Crippen MR) is 87.8 cm³/mol. The maximum Gasteiger partial charge on any atom is 0.290 e. The molecule has 1 aliphatic heterocycles. The summed E-state index contributed by atoms with van der Waals surface area (Å²) >= 11 is 0. The van der Waals surface area contributed by atoms with Gasteiger partial charge < -0.3 is 19.4 Å². The van der Waals surface area contributed by atoms with Gasteiger partial charge >= 0.3 is 0 Å². The topological polar surface area (TPSA) is 54.7 Å². The maximum absolute atomic E-state index is 12.2. The molecule has 2 aromatic rings. The van der Waals surface area contributed by atoms with E-state index in [9.17, 15) is 4.79 Å². The quantitative estimate of drug-likeness (QED) is 0.921. The molecule has 122 valence electrons. The lowest BCUT2D eigenvalue weighted by atomic mass is 9.98. The molecular weight excluding hydrogens is 292 g/mol.